The fourth-order valence-electron chi connectivity index (χ4n) is 2.15. The number of hydrogen-bond donors (Lipinski definition) is 2. The summed E-state index contributed by atoms with van der Waals surface area (Å²) in [4.78, 5) is 14.0. The first kappa shape index (κ1) is 12.1. The molecule has 1 atom stereocenters. The normalized spacial score (nSPS) is 20.6. The van der Waals surface area contributed by atoms with E-state index in [1.807, 2.05) is 0 Å². The number of carbonyl (C=O) groups is 1. The molecule has 0 aliphatic carbocycles. The van der Waals surface area contributed by atoms with Gasteiger partial charge in [-0.2, -0.15) is 0 Å². The number of carbonyl (C=O) groups excluding carboxylic acids is 1. The highest BCUT2D eigenvalue weighted by atomic mass is 16.3. The van der Waals surface area contributed by atoms with Gasteiger partial charge in [0, 0.05) is 18.7 Å². The predicted molar refractivity (Wildman–Crippen MR) is 64.1 cm³/mol. The van der Waals surface area contributed by atoms with Gasteiger partial charge in [0.1, 0.15) is 5.75 Å². The van der Waals surface area contributed by atoms with Gasteiger partial charge in [-0.15, -0.1) is 0 Å². The third kappa shape index (κ3) is 3.05. The average Bonchev–Trinajstić information content (AvgIpc) is 2.77. The lowest BCUT2D eigenvalue weighted by molar-refractivity contribution is 0.0940. The van der Waals surface area contributed by atoms with E-state index in [1.54, 1.807) is 12.1 Å². The van der Waals surface area contributed by atoms with Gasteiger partial charge in [-0.25, -0.2) is 0 Å². The van der Waals surface area contributed by atoms with E-state index in [1.165, 1.54) is 12.1 Å². The zero-order valence-corrected chi connectivity index (χ0v) is 9.67. The second-order valence-corrected chi connectivity index (χ2v) is 4.54. The average molecular weight is 235 g/mol. The van der Waals surface area contributed by atoms with E-state index in [0.29, 0.717) is 18.0 Å². The van der Waals surface area contributed by atoms with Crippen molar-refractivity contribution in [3.63, 3.8) is 0 Å². The van der Waals surface area contributed by atoms with E-state index in [4.69, 9.17) is 10.2 Å². The Hall–Kier alpha value is -1.39. The smallest absolute Gasteiger partial charge is 0.176 e. The lowest BCUT2D eigenvalue weighted by Crippen LogP contribution is -2.28. The standard InChI is InChI=1S/C13H17NO3/c15-9-10-5-6-14(7-10)8-13(17)11-1-3-12(16)4-2-11/h1-4,10,15-16H,5-9H2. The quantitative estimate of drug-likeness (QED) is 0.761. The molecule has 2 rings (SSSR count). The van der Waals surface area contributed by atoms with Crippen molar-refractivity contribution in [3.8, 4) is 5.75 Å². The summed E-state index contributed by atoms with van der Waals surface area (Å²) in [6, 6.07) is 6.32. The Bertz CT molecular complexity index is 388. The first-order valence-corrected chi connectivity index (χ1v) is 5.84. The molecule has 4 nitrogen and oxygen atoms in total. The van der Waals surface area contributed by atoms with Crippen LogP contribution in [0.3, 0.4) is 0 Å². The largest absolute Gasteiger partial charge is 0.508 e. The van der Waals surface area contributed by atoms with Crippen LogP contribution in [-0.4, -0.2) is 47.1 Å². The van der Waals surface area contributed by atoms with Gasteiger partial charge in [0.2, 0.25) is 0 Å². The van der Waals surface area contributed by atoms with Gasteiger partial charge < -0.3 is 10.2 Å². The second kappa shape index (κ2) is 5.29. The van der Waals surface area contributed by atoms with Crippen LogP contribution in [-0.2, 0) is 0 Å². The number of phenolic OH excluding ortho intramolecular Hbond substituents is 1. The van der Waals surface area contributed by atoms with Crippen molar-refractivity contribution >= 4 is 5.78 Å². The molecule has 1 heterocycles. The summed E-state index contributed by atoms with van der Waals surface area (Å²) in [5.74, 6) is 0.536. The molecular formula is C13H17NO3. The van der Waals surface area contributed by atoms with Gasteiger partial charge in [0.25, 0.3) is 0 Å². The maximum atomic E-state index is 11.9. The number of ketones is 1. The van der Waals surface area contributed by atoms with Gasteiger partial charge in [0.05, 0.1) is 6.54 Å². The number of likely N-dealkylation sites (tertiary alicyclic amines) is 1. The SMILES string of the molecule is O=C(CN1CCC(CO)C1)c1ccc(O)cc1. The van der Waals surface area contributed by atoms with Crippen LogP contribution in [0.5, 0.6) is 5.75 Å². The first-order valence-electron chi connectivity index (χ1n) is 5.84. The van der Waals surface area contributed by atoms with E-state index in [9.17, 15) is 4.79 Å². The van der Waals surface area contributed by atoms with Crippen molar-refractivity contribution in [1.29, 1.82) is 0 Å². The molecule has 2 N–H and O–H groups in total. The van der Waals surface area contributed by atoms with Crippen molar-refractivity contribution in [2.75, 3.05) is 26.2 Å². The minimum absolute atomic E-state index is 0.0589. The molecule has 4 heteroatoms. The Balaban J connectivity index is 1.91. The summed E-state index contributed by atoms with van der Waals surface area (Å²) in [6.45, 7) is 2.25. The molecule has 1 fully saturated rings. The Kier molecular flexibility index (Phi) is 3.76. The molecule has 1 aromatic carbocycles. The van der Waals surface area contributed by atoms with Crippen LogP contribution in [0.4, 0.5) is 0 Å². The van der Waals surface area contributed by atoms with E-state index in [0.717, 1.165) is 19.5 Å². The van der Waals surface area contributed by atoms with Crippen LogP contribution in [0.15, 0.2) is 24.3 Å². The van der Waals surface area contributed by atoms with Crippen LogP contribution in [0.25, 0.3) is 0 Å². The molecule has 0 spiro atoms. The van der Waals surface area contributed by atoms with Crippen molar-refractivity contribution in [2.24, 2.45) is 5.92 Å². The van der Waals surface area contributed by atoms with Crippen molar-refractivity contribution in [1.82, 2.24) is 4.90 Å². The highest BCUT2D eigenvalue weighted by Crippen LogP contribution is 2.16. The maximum Gasteiger partial charge on any atom is 0.176 e. The minimum atomic E-state index is 0.0589. The lowest BCUT2D eigenvalue weighted by Gasteiger charge is -2.14. The number of nitrogens with zero attached hydrogens (tertiary/aromatic N) is 1. The fourth-order valence-corrected chi connectivity index (χ4v) is 2.15. The summed E-state index contributed by atoms with van der Waals surface area (Å²) in [5, 5.41) is 18.2. The maximum absolute atomic E-state index is 11.9. The van der Waals surface area contributed by atoms with E-state index < -0.39 is 0 Å². The lowest BCUT2D eigenvalue weighted by atomic mass is 10.1. The number of rotatable bonds is 4. The zero-order valence-electron chi connectivity index (χ0n) is 9.67. The van der Waals surface area contributed by atoms with Gasteiger partial charge in [-0.1, -0.05) is 0 Å². The third-order valence-electron chi connectivity index (χ3n) is 3.18. The van der Waals surface area contributed by atoms with E-state index in [-0.39, 0.29) is 18.1 Å². The molecule has 1 unspecified atom stereocenters. The van der Waals surface area contributed by atoms with Crippen LogP contribution in [0.2, 0.25) is 0 Å². The van der Waals surface area contributed by atoms with Gasteiger partial charge in [-0.3, -0.25) is 9.69 Å². The van der Waals surface area contributed by atoms with Crippen molar-refractivity contribution < 1.29 is 15.0 Å². The number of phenols is 1. The Labute approximate surface area is 100 Å². The number of aliphatic hydroxyl groups excluding tert-OH is 1. The summed E-state index contributed by atoms with van der Waals surface area (Å²) in [7, 11) is 0. The predicted octanol–water partition coefficient (Wildman–Crippen LogP) is 0.889. The van der Waals surface area contributed by atoms with Gasteiger partial charge in [0.15, 0.2) is 5.78 Å². The topological polar surface area (TPSA) is 60.8 Å². The van der Waals surface area contributed by atoms with Gasteiger partial charge >= 0.3 is 0 Å². The molecule has 1 saturated heterocycles. The van der Waals surface area contributed by atoms with Crippen LogP contribution in [0, 0.1) is 5.92 Å². The molecule has 17 heavy (non-hydrogen) atoms. The summed E-state index contributed by atoms with van der Waals surface area (Å²) < 4.78 is 0. The summed E-state index contributed by atoms with van der Waals surface area (Å²) in [5.41, 5.74) is 0.621. The number of benzene rings is 1. The molecule has 0 amide bonds. The highest BCUT2D eigenvalue weighted by molar-refractivity contribution is 5.97. The first-order chi connectivity index (χ1) is 8.19. The summed E-state index contributed by atoms with van der Waals surface area (Å²) in [6.07, 6.45) is 0.958. The Morgan fingerprint density at radius 3 is 2.65 bits per heavy atom. The molecule has 0 aromatic heterocycles. The molecule has 0 radical (unpaired) electrons. The molecule has 1 aromatic rings. The number of aromatic hydroxyl groups is 1. The Morgan fingerprint density at radius 1 is 1.35 bits per heavy atom. The molecule has 0 bridgehead atoms. The van der Waals surface area contributed by atoms with Crippen molar-refractivity contribution in [2.45, 2.75) is 6.42 Å². The van der Waals surface area contributed by atoms with E-state index >= 15 is 0 Å². The minimum Gasteiger partial charge on any atom is -0.508 e. The number of aliphatic hydroxyl groups is 1. The van der Waals surface area contributed by atoms with E-state index in [2.05, 4.69) is 4.90 Å². The van der Waals surface area contributed by atoms with Crippen LogP contribution in [0.1, 0.15) is 16.8 Å². The molecule has 1 aliphatic rings. The van der Waals surface area contributed by atoms with Gasteiger partial charge in [-0.05, 0) is 43.1 Å². The highest BCUT2D eigenvalue weighted by Gasteiger charge is 2.23. The second-order valence-electron chi connectivity index (χ2n) is 4.54. The van der Waals surface area contributed by atoms with Crippen molar-refractivity contribution in [3.05, 3.63) is 29.8 Å². The Morgan fingerprint density at radius 2 is 2.06 bits per heavy atom. The summed E-state index contributed by atoms with van der Waals surface area (Å²) >= 11 is 0. The zero-order chi connectivity index (χ0) is 12.3. The number of hydrogen-bond acceptors (Lipinski definition) is 4. The molecule has 1 aliphatic heterocycles. The van der Waals surface area contributed by atoms with Crippen LogP contribution < -0.4 is 0 Å². The molecule has 0 saturated carbocycles. The fraction of sp³-hybridized carbons (Fsp3) is 0.462. The molecular weight excluding hydrogens is 218 g/mol. The molecule has 92 valence electrons. The monoisotopic (exact) mass is 235 g/mol. The third-order valence-corrected chi connectivity index (χ3v) is 3.18. The van der Waals surface area contributed by atoms with Crippen LogP contribution >= 0.6 is 0 Å². The number of Topliss-reactive ketones (excluding diaryl/α,β-unsaturated/α-hetero) is 1.